The Balaban J connectivity index is 1.86. The van der Waals surface area contributed by atoms with Crippen LogP contribution in [-0.4, -0.2) is 24.9 Å². The van der Waals surface area contributed by atoms with E-state index >= 15 is 0 Å². The molecule has 7 heteroatoms. The van der Waals surface area contributed by atoms with Gasteiger partial charge in [-0.2, -0.15) is 10.1 Å². The minimum atomic E-state index is 0.402. The fourth-order valence-corrected chi connectivity index (χ4v) is 1.86. The van der Waals surface area contributed by atoms with Crippen LogP contribution < -0.4 is 0 Å². The highest BCUT2D eigenvalue weighted by atomic mass is 35.5. The van der Waals surface area contributed by atoms with Gasteiger partial charge in [0.2, 0.25) is 11.7 Å². The van der Waals surface area contributed by atoms with Crippen LogP contribution in [0.15, 0.2) is 35.1 Å². The van der Waals surface area contributed by atoms with Crippen LogP contribution in [0.1, 0.15) is 11.7 Å². The van der Waals surface area contributed by atoms with Gasteiger partial charge in [0, 0.05) is 10.6 Å². The summed E-state index contributed by atoms with van der Waals surface area (Å²) in [6, 6.07) is 7.30. The molecule has 0 aliphatic carbocycles. The van der Waals surface area contributed by atoms with Crippen molar-refractivity contribution in [3.05, 3.63) is 47.3 Å². The second-order valence-corrected chi connectivity index (χ2v) is 4.42. The predicted octanol–water partition coefficient (Wildman–Crippen LogP) is 2.34. The Hall–Kier alpha value is -2.21. The van der Waals surface area contributed by atoms with Crippen LogP contribution in [0.5, 0.6) is 0 Å². The average Bonchev–Trinajstić information content (AvgIpc) is 3.00. The second kappa shape index (κ2) is 4.81. The van der Waals surface area contributed by atoms with E-state index in [-0.39, 0.29) is 0 Å². The molecule has 2 aromatic heterocycles. The lowest BCUT2D eigenvalue weighted by atomic mass is 10.2. The third-order valence-corrected chi connectivity index (χ3v) is 2.88. The van der Waals surface area contributed by atoms with E-state index in [1.54, 1.807) is 16.8 Å². The molecule has 1 aromatic carbocycles. The summed E-state index contributed by atoms with van der Waals surface area (Å²) in [6.07, 6.45) is 1.49. The van der Waals surface area contributed by atoms with Gasteiger partial charge >= 0.3 is 0 Å². The number of aryl methyl sites for hydroxylation is 1. The number of halogens is 1. The van der Waals surface area contributed by atoms with Crippen LogP contribution in [0.3, 0.4) is 0 Å². The van der Waals surface area contributed by atoms with E-state index in [0.29, 0.717) is 23.3 Å². The SMILES string of the molecule is Cc1ncnn1Cc1nc(-c2cccc(Cl)c2)no1. The molecule has 19 heavy (non-hydrogen) atoms. The summed E-state index contributed by atoms with van der Waals surface area (Å²) in [5.41, 5.74) is 0.817. The van der Waals surface area contributed by atoms with Crippen molar-refractivity contribution in [2.45, 2.75) is 13.5 Å². The lowest BCUT2D eigenvalue weighted by Gasteiger charge is -1.96. The summed E-state index contributed by atoms with van der Waals surface area (Å²) in [7, 11) is 0. The lowest BCUT2D eigenvalue weighted by molar-refractivity contribution is 0.364. The molecule has 0 aliphatic rings. The molecule has 0 spiro atoms. The first-order chi connectivity index (χ1) is 9.22. The third-order valence-electron chi connectivity index (χ3n) is 2.65. The largest absolute Gasteiger partial charge is 0.337 e. The summed E-state index contributed by atoms with van der Waals surface area (Å²) >= 11 is 5.93. The Morgan fingerprint density at radius 1 is 1.37 bits per heavy atom. The van der Waals surface area contributed by atoms with Crippen molar-refractivity contribution in [2.24, 2.45) is 0 Å². The van der Waals surface area contributed by atoms with E-state index in [1.807, 2.05) is 19.1 Å². The van der Waals surface area contributed by atoms with Crippen molar-refractivity contribution in [3.63, 3.8) is 0 Å². The van der Waals surface area contributed by atoms with Crippen molar-refractivity contribution in [1.29, 1.82) is 0 Å². The Bertz CT molecular complexity index is 705. The fraction of sp³-hybridized carbons (Fsp3) is 0.167. The van der Waals surface area contributed by atoms with E-state index in [4.69, 9.17) is 16.1 Å². The molecule has 3 rings (SSSR count). The van der Waals surface area contributed by atoms with Gasteiger partial charge in [0.05, 0.1) is 0 Å². The number of nitrogens with zero attached hydrogens (tertiary/aromatic N) is 5. The quantitative estimate of drug-likeness (QED) is 0.734. The second-order valence-electron chi connectivity index (χ2n) is 3.99. The summed E-state index contributed by atoms with van der Waals surface area (Å²) in [5.74, 6) is 1.78. The highest BCUT2D eigenvalue weighted by molar-refractivity contribution is 6.30. The molecule has 0 aliphatic heterocycles. The minimum Gasteiger partial charge on any atom is -0.337 e. The van der Waals surface area contributed by atoms with E-state index in [9.17, 15) is 0 Å². The molecule has 0 radical (unpaired) electrons. The maximum atomic E-state index is 5.93. The van der Waals surface area contributed by atoms with Gasteiger partial charge in [0.25, 0.3) is 0 Å². The Morgan fingerprint density at radius 2 is 2.26 bits per heavy atom. The Morgan fingerprint density at radius 3 is 3.00 bits per heavy atom. The zero-order valence-corrected chi connectivity index (χ0v) is 10.9. The smallest absolute Gasteiger partial charge is 0.248 e. The van der Waals surface area contributed by atoms with E-state index < -0.39 is 0 Å². The number of hydrogen-bond donors (Lipinski definition) is 0. The van der Waals surface area contributed by atoms with Gasteiger partial charge in [-0.05, 0) is 19.1 Å². The predicted molar refractivity (Wildman–Crippen MR) is 68.6 cm³/mol. The number of hydrogen-bond acceptors (Lipinski definition) is 5. The summed E-state index contributed by atoms with van der Waals surface area (Å²) in [6.45, 7) is 2.26. The van der Waals surface area contributed by atoms with Gasteiger partial charge in [-0.25, -0.2) is 9.67 Å². The zero-order valence-electron chi connectivity index (χ0n) is 10.1. The molecule has 96 valence electrons. The van der Waals surface area contributed by atoms with Gasteiger partial charge in [-0.1, -0.05) is 28.9 Å². The van der Waals surface area contributed by atoms with Gasteiger partial charge < -0.3 is 4.52 Å². The van der Waals surface area contributed by atoms with E-state index in [0.717, 1.165) is 11.4 Å². The standard InChI is InChI=1S/C12H10ClN5O/c1-8-14-7-15-18(8)6-11-16-12(17-19-11)9-3-2-4-10(13)5-9/h2-5,7H,6H2,1H3. The molecule has 2 heterocycles. The highest BCUT2D eigenvalue weighted by Crippen LogP contribution is 2.20. The van der Waals surface area contributed by atoms with Gasteiger partial charge in [-0.3, -0.25) is 0 Å². The van der Waals surface area contributed by atoms with Gasteiger partial charge in [-0.15, -0.1) is 0 Å². The first-order valence-corrected chi connectivity index (χ1v) is 6.03. The van der Waals surface area contributed by atoms with Crippen molar-refractivity contribution < 1.29 is 4.52 Å². The molecule has 0 N–H and O–H groups in total. The highest BCUT2D eigenvalue weighted by Gasteiger charge is 2.10. The van der Waals surface area contributed by atoms with Gasteiger partial charge in [0.1, 0.15) is 18.7 Å². The maximum Gasteiger partial charge on any atom is 0.248 e. The normalized spacial score (nSPS) is 10.8. The van der Waals surface area contributed by atoms with Crippen LogP contribution in [-0.2, 0) is 6.54 Å². The maximum absolute atomic E-state index is 5.93. The molecule has 0 bridgehead atoms. The van der Waals surface area contributed by atoms with Crippen LogP contribution in [0, 0.1) is 6.92 Å². The molecule has 0 atom stereocenters. The van der Waals surface area contributed by atoms with Crippen LogP contribution in [0.4, 0.5) is 0 Å². The average molecular weight is 276 g/mol. The molecule has 3 aromatic rings. The number of aromatic nitrogens is 5. The van der Waals surface area contributed by atoms with Crippen molar-refractivity contribution in [1.82, 2.24) is 24.9 Å². The molecule has 0 unspecified atom stereocenters. The molecular weight excluding hydrogens is 266 g/mol. The van der Waals surface area contributed by atoms with E-state index in [2.05, 4.69) is 20.2 Å². The molecule has 0 saturated heterocycles. The summed E-state index contributed by atoms with van der Waals surface area (Å²) in [4.78, 5) is 8.35. The third kappa shape index (κ3) is 2.48. The minimum absolute atomic E-state index is 0.402. The number of benzene rings is 1. The number of rotatable bonds is 3. The summed E-state index contributed by atoms with van der Waals surface area (Å²) in [5, 5.41) is 8.63. The van der Waals surface area contributed by atoms with Crippen molar-refractivity contribution >= 4 is 11.6 Å². The first-order valence-electron chi connectivity index (χ1n) is 5.65. The molecule has 6 nitrogen and oxygen atoms in total. The zero-order chi connectivity index (χ0) is 13.2. The van der Waals surface area contributed by atoms with Crippen molar-refractivity contribution in [2.75, 3.05) is 0 Å². The van der Waals surface area contributed by atoms with Crippen molar-refractivity contribution in [3.8, 4) is 11.4 Å². The van der Waals surface area contributed by atoms with Gasteiger partial charge in [0.15, 0.2) is 0 Å². The first kappa shape index (κ1) is 11.9. The topological polar surface area (TPSA) is 69.6 Å². The Labute approximate surface area is 114 Å². The van der Waals surface area contributed by atoms with Crippen LogP contribution >= 0.6 is 11.6 Å². The molecule has 0 fully saturated rings. The Kier molecular flexibility index (Phi) is 3.00. The molecule has 0 amide bonds. The van der Waals surface area contributed by atoms with Crippen LogP contribution in [0.25, 0.3) is 11.4 Å². The van der Waals surface area contributed by atoms with E-state index in [1.165, 1.54) is 6.33 Å². The lowest BCUT2D eigenvalue weighted by Crippen LogP contribution is -2.04. The molecule has 0 saturated carbocycles. The monoisotopic (exact) mass is 275 g/mol. The summed E-state index contributed by atoms with van der Waals surface area (Å²) < 4.78 is 6.88. The fourth-order valence-electron chi connectivity index (χ4n) is 1.67. The molecular formula is C12H10ClN5O. The van der Waals surface area contributed by atoms with Crippen LogP contribution in [0.2, 0.25) is 5.02 Å².